The Bertz CT molecular complexity index is 2320. The van der Waals surface area contributed by atoms with Crippen LogP contribution in [0.25, 0.3) is 16.6 Å². The van der Waals surface area contributed by atoms with Crippen LogP contribution < -0.4 is 25.1 Å². The maximum Gasteiger partial charge on any atom is 0.279 e. The quantitative estimate of drug-likeness (QED) is 0.181. The van der Waals surface area contributed by atoms with Gasteiger partial charge in [-0.15, -0.1) is 0 Å². The number of amides is 2. The van der Waals surface area contributed by atoms with Crippen LogP contribution in [0.4, 0.5) is 5.69 Å². The molecule has 1 aromatic heterocycles. The first-order chi connectivity index (χ1) is 26.5. The highest BCUT2D eigenvalue weighted by atomic mass is 28.3. The fraction of sp³-hybridized carbons (Fsp3) is 0.372. The highest BCUT2D eigenvalue weighted by molar-refractivity contribution is 6.91. The van der Waals surface area contributed by atoms with E-state index in [1.54, 1.807) is 30.1 Å². The SMILES string of the molecule is COc1ccc([Si](C)(C)[C@@H]2[C@@H](CC(=O)N3CCC[C@H]3CO)O[C@]3(C(=O)N(Cc4cccc(-n5[nH]c6ccccc6c5=O)c4)c4ccc(OC)cc43)[C@H]2C)cc1. The standard InChI is InChI=1S/C43H48N4O7Si/c1-27-40(55(4,5)33-18-15-31(52-2)16-19-33)38(24-39(49)45-21-9-12-30(45)26-48)54-43(27)35-23-32(53-3)17-20-37(35)46(42(43)51)25-28-10-8-11-29(22-28)47-41(50)34-13-6-7-14-36(34)44-47/h6-8,10-11,13-20,22-23,27,30,38,40,44,48H,9,12,21,24-26H2,1-5H3/t27-,30-,38+,40-,43+/m0/s1. The Morgan fingerprint density at radius 1 is 0.964 bits per heavy atom. The summed E-state index contributed by atoms with van der Waals surface area (Å²) in [6.07, 6.45) is 1.15. The summed E-state index contributed by atoms with van der Waals surface area (Å²) in [4.78, 5) is 46.4. The highest BCUT2D eigenvalue weighted by Gasteiger charge is 2.66. The van der Waals surface area contributed by atoms with Crippen LogP contribution in [0.1, 0.15) is 37.3 Å². The third-order valence-corrected chi connectivity index (χ3v) is 16.8. The zero-order valence-corrected chi connectivity index (χ0v) is 33.0. The predicted molar refractivity (Wildman–Crippen MR) is 214 cm³/mol. The van der Waals surface area contributed by atoms with Crippen molar-refractivity contribution in [3.05, 3.63) is 112 Å². The molecule has 11 nitrogen and oxygen atoms in total. The fourth-order valence-electron chi connectivity index (χ4n) is 9.64. The number of nitrogens with one attached hydrogen (secondary N) is 1. The minimum atomic E-state index is -2.51. The number of likely N-dealkylation sites (tertiary alicyclic amines) is 1. The summed E-state index contributed by atoms with van der Waals surface area (Å²) in [7, 11) is 0.751. The number of H-pyrrole nitrogens is 1. The van der Waals surface area contributed by atoms with Gasteiger partial charge in [-0.25, -0.2) is 4.68 Å². The molecule has 0 bridgehead atoms. The molecular weight excluding hydrogens is 713 g/mol. The first-order valence-electron chi connectivity index (χ1n) is 19.0. The molecule has 4 aromatic carbocycles. The topological polar surface area (TPSA) is 126 Å². The van der Waals surface area contributed by atoms with Crippen LogP contribution in [0.2, 0.25) is 18.6 Å². The van der Waals surface area contributed by atoms with Crippen LogP contribution in [0.15, 0.2) is 95.8 Å². The average Bonchev–Trinajstić information content (AvgIpc) is 3.95. The molecule has 2 amide bonds. The van der Waals surface area contributed by atoms with Gasteiger partial charge in [0.1, 0.15) is 11.5 Å². The smallest absolute Gasteiger partial charge is 0.279 e. The Hall–Kier alpha value is -5.17. The van der Waals surface area contributed by atoms with Crippen molar-refractivity contribution in [2.75, 3.05) is 32.3 Å². The fourth-order valence-corrected chi connectivity index (χ4v) is 13.6. The molecule has 55 heavy (non-hydrogen) atoms. The number of aromatic nitrogens is 2. The molecular formula is C43H48N4O7Si. The van der Waals surface area contributed by atoms with Crippen molar-refractivity contribution < 1.29 is 28.9 Å². The van der Waals surface area contributed by atoms with Gasteiger partial charge in [0, 0.05) is 18.0 Å². The molecule has 0 unspecified atom stereocenters. The molecule has 3 aliphatic heterocycles. The van der Waals surface area contributed by atoms with Gasteiger partial charge in [0.2, 0.25) is 5.91 Å². The van der Waals surface area contributed by atoms with Crippen molar-refractivity contribution in [1.82, 2.24) is 14.7 Å². The molecule has 12 heteroatoms. The monoisotopic (exact) mass is 760 g/mol. The van der Waals surface area contributed by atoms with Gasteiger partial charge >= 0.3 is 0 Å². The van der Waals surface area contributed by atoms with Gasteiger partial charge in [-0.3, -0.25) is 19.5 Å². The molecule has 0 radical (unpaired) electrons. The normalized spacial score (nSPS) is 23.6. The molecule has 1 spiro atoms. The lowest BCUT2D eigenvalue weighted by atomic mass is 9.82. The predicted octanol–water partition coefficient (Wildman–Crippen LogP) is 5.47. The van der Waals surface area contributed by atoms with Crippen LogP contribution in [-0.4, -0.2) is 79.2 Å². The Morgan fingerprint density at radius 2 is 1.71 bits per heavy atom. The minimum Gasteiger partial charge on any atom is -0.497 e. The van der Waals surface area contributed by atoms with E-state index in [0.29, 0.717) is 23.4 Å². The van der Waals surface area contributed by atoms with E-state index in [-0.39, 0.29) is 54.4 Å². The first kappa shape index (κ1) is 36.8. The number of nitrogens with zero attached hydrogens (tertiary/aromatic N) is 3. The summed E-state index contributed by atoms with van der Waals surface area (Å²) in [5.41, 5.74) is 2.01. The number of aliphatic hydroxyl groups is 1. The lowest BCUT2D eigenvalue weighted by Crippen LogP contribution is -2.52. The minimum absolute atomic E-state index is 0.0625. The van der Waals surface area contributed by atoms with Crippen molar-refractivity contribution in [3.8, 4) is 17.2 Å². The molecule has 0 aliphatic carbocycles. The van der Waals surface area contributed by atoms with Gasteiger partial charge < -0.3 is 29.1 Å². The number of hydrogen-bond acceptors (Lipinski definition) is 7. The largest absolute Gasteiger partial charge is 0.497 e. The van der Waals surface area contributed by atoms with E-state index in [4.69, 9.17) is 14.2 Å². The maximum atomic E-state index is 15.4. The molecule has 5 aromatic rings. The number of aliphatic hydroxyl groups excluding tert-OH is 1. The van der Waals surface area contributed by atoms with Crippen LogP contribution in [0.3, 0.4) is 0 Å². The molecule has 0 saturated carbocycles. The second kappa shape index (κ2) is 14.2. The molecule has 286 valence electrons. The number of fused-ring (bicyclic) bond motifs is 3. The molecule has 8 rings (SSSR count). The second-order valence-corrected chi connectivity index (χ2v) is 20.4. The van der Waals surface area contributed by atoms with Crippen LogP contribution >= 0.6 is 0 Å². The van der Waals surface area contributed by atoms with Crippen molar-refractivity contribution >= 4 is 41.7 Å². The zero-order chi connectivity index (χ0) is 38.6. The number of rotatable bonds is 10. The average molecular weight is 761 g/mol. The van der Waals surface area contributed by atoms with E-state index < -0.39 is 19.8 Å². The van der Waals surface area contributed by atoms with Gasteiger partial charge in [0.25, 0.3) is 11.5 Å². The van der Waals surface area contributed by atoms with Crippen molar-refractivity contribution in [2.24, 2.45) is 5.92 Å². The Morgan fingerprint density at radius 3 is 2.44 bits per heavy atom. The maximum absolute atomic E-state index is 15.4. The lowest BCUT2D eigenvalue weighted by Gasteiger charge is -2.37. The van der Waals surface area contributed by atoms with E-state index in [2.05, 4.69) is 37.2 Å². The number of anilines is 1. The number of aromatic amines is 1. The van der Waals surface area contributed by atoms with Gasteiger partial charge in [-0.1, -0.05) is 61.6 Å². The molecule has 2 N–H and O–H groups in total. The van der Waals surface area contributed by atoms with Crippen LogP contribution in [0.5, 0.6) is 11.5 Å². The van der Waals surface area contributed by atoms with E-state index in [9.17, 15) is 14.7 Å². The Labute approximate surface area is 321 Å². The van der Waals surface area contributed by atoms with Gasteiger partial charge in [0.15, 0.2) is 5.60 Å². The number of carbonyl (C=O) groups is 2. The molecule has 4 heterocycles. The third kappa shape index (κ3) is 5.98. The lowest BCUT2D eigenvalue weighted by molar-refractivity contribution is -0.150. The van der Waals surface area contributed by atoms with Gasteiger partial charge in [0.05, 0.1) is 76.3 Å². The number of carbonyl (C=O) groups excluding carboxylic acids is 2. The number of benzene rings is 4. The van der Waals surface area contributed by atoms with Crippen molar-refractivity contribution in [3.63, 3.8) is 0 Å². The van der Waals surface area contributed by atoms with Crippen molar-refractivity contribution in [2.45, 2.75) is 69.1 Å². The second-order valence-electron chi connectivity index (χ2n) is 15.7. The van der Waals surface area contributed by atoms with E-state index in [1.165, 1.54) is 9.87 Å². The Kier molecular flexibility index (Phi) is 9.47. The first-order valence-corrected chi connectivity index (χ1v) is 22.1. The summed E-state index contributed by atoms with van der Waals surface area (Å²) in [5, 5.41) is 15.1. The van der Waals surface area contributed by atoms with E-state index in [1.807, 2.05) is 72.8 Å². The number of para-hydroxylation sites is 1. The van der Waals surface area contributed by atoms with E-state index >= 15 is 4.79 Å². The summed E-state index contributed by atoms with van der Waals surface area (Å²) in [6.45, 7) is 7.44. The molecule has 3 aliphatic rings. The molecule has 2 fully saturated rings. The zero-order valence-electron chi connectivity index (χ0n) is 32.0. The van der Waals surface area contributed by atoms with Gasteiger partial charge in [-0.05, 0) is 78.5 Å². The number of ether oxygens (including phenoxy) is 3. The Balaban J connectivity index is 1.20. The summed E-state index contributed by atoms with van der Waals surface area (Å²) < 4.78 is 20.0. The number of methoxy groups -OCH3 is 2. The van der Waals surface area contributed by atoms with Gasteiger partial charge in [-0.2, -0.15) is 0 Å². The highest BCUT2D eigenvalue weighted by Crippen LogP contribution is 2.60. The summed E-state index contributed by atoms with van der Waals surface area (Å²) >= 11 is 0. The summed E-state index contributed by atoms with van der Waals surface area (Å²) in [5.74, 6) is 0.797. The number of hydrogen-bond donors (Lipinski definition) is 2. The molecule has 2 saturated heterocycles. The third-order valence-electron chi connectivity index (χ3n) is 12.4. The van der Waals surface area contributed by atoms with Crippen LogP contribution in [-0.2, 0) is 26.5 Å². The van der Waals surface area contributed by atoms with Crippen molar-refractivity contribution in [1.29, 1.82) is 0 Å². The van der Waals surface area contributed by atoms with E-state index in [0.717, 1.165) is 40.9 Å². The molecule has 5 atom stereocenters. The van der Waals surface area contributed by atoms with Crippen LogP contribution in [0, 0.1) is 5.92 Å². The summed E-state index contributed by atoms with van der Waals surface area (Å²) in [6, 6.07) is 28.7.